The third kappa shape index (κ3) is 7.13. The van der Waals surface area contributed by atoms with Gasteiger partial charge in [0.05, 0.1) is 7.11 Å². The fraction of sp³-hybridized carbons (Fsp3) is 0.471. The van der Waals surface area contributed by atoms with E-state index in [0.717, 1.165) is 5.56 Å². The second-order valence-electron chi connectivity index (χ2n) is 6.30. The molecule has 1 rings (SSSR count). The number of esters is 1. The molecule has 0 radical (unpaired) electrons. The molecule has 0 spiro atoms. The van der Waals surface area contributed by atoms with E-state index in [-0.39, 0.29) is 12.3 Å². The van der Waals surface area contributed by atoms with Crippen LogP contribution in [0.3, 0.4) is 0 Å². The number of amides is 2. The molecule has 7 nitrogen and oxygen atoms in total. The number of carbonyl (C=O) groups is 3. The summed E-state index contributed by atoms with van der Waals surface area (Å²) in [6.45, 7) is 6.63. The molecule has 1 aromatic rings. The average Bonchev–Trinajstić information content (AvgIpc) is 2.45. The van der Waals surface area contributed by atoms with Gasteiger partial charge in [-0.15, -0.1) is 0 Å². The van der Waals surface area contributed by atoms with E-state index in [1.807, 2.05) is 0 Å². The van der Waals surface area contributed by atoms with Crippen LogP contribution in [0.25, 0.3) is 0 Å². The smallest absolute Gasteiger partial charge is 0.408 e. The molecule has 1 unspecified atom stereocenters. The summed E-state index contributed by atoms with van der Waals surface area (Å²) < 4.78 is 9.88. The zero-order chi connectivity index (χ0) is 18.3. The summed E-state index contributed by atoms with van der Waals surface area (Å²) in [5, 5.41) is 5.17. The minimum Gasteiger partial charge on any atom is -0.467 e. The number of carbonyl (C=O) groups excluding carboxylic acids is 3. The molecule has 0 aliphatic carbocycles. The van der Waals surface area contributed by atoms with Crippen LogP contribution in [0.1, 0.15) is 33.3 Å². The van der Waals surface area contributed by atoms with Gasteiger partial charge in [-0.1, -0.05) is 12.1 Å². The standard InChI is InChI=1S/C17H24N2O5/c1-11(20)18-13-8-6-12(7-9-13)10-14(15(21)23-5)19-16(22)24-17(2,3)4/h6-9,14H,10H2,1-5H3,(H,18,20)(H,19,22). The van der Waals surface area contributed by atoms with Gasteiger partial charge in [-0.05, 0) is 38.5 Å². The van der Waals surface area contributed by atoms with Gasteiger partial charge in [0.25, 0.3) is 0 Å². The Hall–Kier alpha value is -2.57. The van der Waals surface area contributed by atoms with Crippen molar-refractivity contribution in [3.63, 3.8) is 0 Å². The quantitative estimate of drug-likeness (QED) is 0.804. The summed E-state index contributed by atoms with van der Waals surface area (Å²) in [7, 11) is 1.26. The van der Waals surface area contributed by atoms with Crippen LogP contribution in [0.5, 0.6) is 0 Å². The normalized spacial score (nSPS) is 12.0. The van der Waals surface area contributed by atoms with Crippen molar-refractivity contribution >= 4 is 23.7 Å². The molecule has 2 N–H and O–H groups in total. The molecule has 0 fully saturated rings. The highest BCUT2D eigenvalue weighted by molar-refractivity contribution is 5.88. The Kier molecular flexibility index (Phi) is 6.76. The molecule has 132 valence electrons. The first-order chi connectivity index (χ1) is 11.1. The van der Waals surface area contributed by atoms with Crippen molar-refractivity contribution in [2.75, 3.05) is 12.4 Å². The zero-order valence-corrected chi connectivity index (χ0v) is 14.6. The van der Waals surface area contributed by atoms with Crippen LogP contribution in [0.2, 0.25) is 0 Å². The van der Waals surface area contributed by atoms with Crippen molar-refractivity contribution < 1.29 is 23.9 Å². The van der Waals surface area contributed by atoms with Gasteiger partial charge in [-0.25, -0.2) is 9.59 Å². The van der Waals surface area contributed by atoms with Crippen LogP contribution >= 0.6 is 0 Å². The van der Waals surface area contributed by atoms with Crippen LogP contribution < -0.4 is 10.6 Å². The first-order valence-corrected chi connectivity index (χ1v) is 7.54. The molecule has 7 heteroatoms. The Bertz CT molecular complexity index is 590. The molecule has 2 amide bonds. The average molecular weight is 336 g/mol. The highest BCUT2D eigenvalue weighted by atomic mass is 16.6. The Morgan fingerprint density at radius 3 is 2.17 bits per heavy atom. The minimum absolute atomic E-state index is 0.165. The first kappa shape index (κ1) is 19.5. The van der Waals surface area contributed by atoms with Crippen molar-refractivity contribution in [1.82, 2.24) is 5.32 Å². The molecule has 1 atom stereocenters. The Labute approximate surface area is 141 Å². The lowest BCUT2D eigenvalue weighted by atomic mass is 10.1. The zero-order valence-electron chi connectivity index (χ0n) is 14.6. The van der Waals surface area contributed by atoms with Crippen molar-refractivity contribution in [3.05, 3.63) is 29.8 Å². The van der Waals surface area contributed by atoms with Gasteiger partial charge in [0.15, 0.2) is 0 Å². The van der Waals surface area contributed by atoms with Gasteiger partial charge in [0.1, 0.15) is 11.6 Å². The molecule has 0 bridgehead atoms. The molecule has 0 aliphatic heterocycles. The number of benzene rings is 1. The number of methoxy groups -OCH3 is 1. The third-order valence-electron chi connectivity index (χ3n) is 2.89. The number of ether oxygens (including phenoxy) is 2. The van der Waals surface area contributed by atoms with Gasteiger partial charge in [0, 0.05) is 19.0 Å². The maximum absolute atomic E-state index is 11.9. The fourth-order valence-corrected chi connectivity index (χ4v) is 1.95. The second-order valence-corrected chi connectivity index (χ2v) is 6.30. The van der Waals surface area contributed by atoms with Crippen molar-refractivity contribution in [2.45, 2.75) is 45.8 Å². The van der Waals surface area contributed by atoms with Crippen LogP contribution in [0.4, 0.5) is 10.5 Å². The Morgan fingerprint density at radius 2 is 1.71 bits per heavy atom. The summed E-state index contributed by atoms with van der Waals surface area (Å²) in [6, 6.07) is 6.10. The van der Waals surface area contributed by atoms with Crippen molar-refractivity contribution in [1.29, 1.82) is 0 Å². The van der Waals surface area contributed by atoms with E-state index in [0.29, 0.717) is 5.69 Å². The predicted octanol–water partition coefficient (Wildman–Crippen LogP) is 2.25. The van der Waals surface area contributed by atoms with Crippen LogP contribution in [-0.4, -0.2) is 36.7 Å². The highest BCUT2D eigenvalue weighted by Crippen LogP contribution is 2.13. The first-order valence-electron chi connectivity index (χ1n) is 7.54. The molecule has 0 aliphatic rings. The molecular weight excluding hydrogens is 312 g/mol. The van der Waals surface area contributed by atoms with Crippen molar-refractivity contribution in [3.8, 4) is 0 Å². The van der Waals surface area contributed by atoms with E-state index in [1.54, 1.807) is 45.0 Å². The summed E-state index contributed by atoms with van der Waals surface area (Å²) >= 11 is 0. The van der Waals surface area contributed by atoms with E-state index in [2.05, 4.69) is 10.6 Å². The molecule has 0 saturated carbocycles. The molecule has 0 aromatic heterocycles. The number of anilines is 1. The summed E-state index contributed by atoms with van der Waals surface area (Å²) in [4.78, 5) is 34.8. The number of rotatable bonds is 5. The highest BCUT2D eigenvalue weighted by Gasteiger charge is 2.25. The Balaban J connectivity index is 2.77. The number of hydrogen-bond donors (Lipinski definition) is 2. The van der Waals surface area contributed by atoms with E-state index < -0.39 is 23.7 Å². The Morgan fingerprint density at radius 1 is 1.12 bits per heavy atom. The number of alkyl carbamates (subject to hydrolysis) is 1. The monoisotopic (exact) mass is 336 g/mol. The second kappa shape index (κ2) is 8.33. The molecule has 0 saturated heterocycles. The van der Waals surface area contributed by atoms with Gasteiger partial charge < -0.3 is 20.1 Å². The lowest BCUT2D eigenvalue weighted by Crippen LogP contribution is -2.45. The number of nitrogens with one attached hydrogen (secondary N) is 2. The predicted molar refractivity (Wildman–Crippen MR) is 89.6 cm³/mol. The van der Waals surface area contributed by atoms with Crippen LogP contribution in [0, 0.1) is 0 Å². The molecule has 1 aromatic carbocycles. The molecule has 24 heavy (non-hydrogen) atoms. The SMILES string of the molecule is COC(=O)C(Cc1ccc(NC(C)=O)cc1)NC(=O)OC(C)(C)C. The topological polar surface area (TPSA) is 93.7 Å². The maximum Gasteiger partial charge on any atom is 0.408 e. The fourth-order valence-electron chi connectivity index (χ4n) is 1.95. The lowest BCUT2D eigenvalue weighted by molar-refractivity contribution is -0.143. The lowest BCUT2D eigenvalue weighted by Gasteiger charge is -2.22. The van der Waals surface area contributed by atoms with E-state index in [9.17, 15) is 14.4 Å². The largest absolute Gasteiger partial charge is 0.467 e. The van der Waals surface area contributed by atoms with E-state index >= 15 is 0 Å². The van der Waals surface area contributed by atoms with E-state index in [1.165, 1.54) is 14.0 Å². The van der Waals surface area contributed by atoms with Gasteiger partial charge in [-0.2, -0.15) is 0 Å². The van der Waals surface area contributed by atoms with E-state index in [4.69, 9.17) is 9.47 Å². The van der Waals surface area contributed by atoms with Gasteiger partial charge >= 0.3 is 12.1 Å². The van der Waals surface area contributed by atoms with Gasteiger partial charge in [-0.3, -0.25) is 4.79 Å². The van der Waals surface area contributed by atoms with Gasteiger partial charge in [0.2, 0.25) is 5.91 Å². The van der Waals surface area contributed by atoms with Crippen molar-refractivity contribution in [2.24, 2.45) is 0 Å². The molecule has 0 heterocycles. The van der Waals surface area contributed by atoms with Crippen LogP contribution in [0.15, 0.2) is 24.3 Å². The number of hydrogen-bond acceptors (Lipinski definition) is 5. The third-order valence-corrected chi connectivity index (χ3v) is 2.89. The van der Waals surface area contributed by atoms with Crippen LogP contribution in [-0.2, 0) is 25.5 Å². The summed E-state index contributed by atoms with van der Waals surface area (Å²) in [5.74, 6) is -0.728. The molecular formula is C17H24N2O5. The maximum atomic E-state index is 11.9. The summed E-state index contributed by atoms with van der Waals surface area (Å²) in [5.41, 5.74) is 0.793. The summed E-state index contributed by atoms with van der Waals surface area (Å²) in [6.07, 6.45) is -0.445. The minimum atomic E-state index is -0.864.